The Labute approximate surface area is 92.0 Å². The number of unbranched alkanes of at least 4 members (excludes halogenated alkanes) is 1. The molecule has 15 heavy (non-hydrogen) atoms. The van der Waals surface area contributed by atoms with Gasteiger partial charge in [0, 0.05) is 24.8 Å². The normalized spacial score (nSPS) is 12.7. The van der Waals surface area contributed by atoms with Crippen molar-refractivity contribution in [1.29, 1.82) is 0 Å². The van der Waals surface area contributed by atoms with Gasteiger partial charge in [0.25, 0.3) is 0 Å². The summed E-state index contributed by atoms with van der Waals surface area (Å²) in [6.45, 7) is 5.82. The molecular formula is C12H21N3. The molecule has 84 valence electrons. The second-order valence-electron chi connectivity index (χ2n) is 3.88. The minimum atomic E-state index is 0.119. The molecule has 0 aliphatic heterocycles. The number of allylic oxidation sites excluding steroid dienone is 1. The van der Waals surface area contributed by atoms with Gasteiger partial charge in [-0.15, -0.1) is 6.58 Å². The number of aryl methyl sites for hydroxylation is 2. The van der Waals surface area contributed by atoms with Gasteiger partial charge in [-0.2, -0.15) is 5.10 Å². The van der Waals surface area contributed by atoms with Crippen LogP contribution in [0.4, 0.5) is 0 Å². The van der Waals surface area contributed by atoms with E-state index >= 15 is 0 Å². The van der Waals surface area contributed by atoms with Crippen LogP contribution in [0.2, 0.25) is 0 Å². The van der Waals surface area contributed by atoms with Gasteiger partial charge in [-0.3, -0.25) is 4.68 Å². The molecule has 1 aromatic heterocycles. The molecule has 3 nitrogen and oxygen atoms in total. The zero-order valence-corrected chi connectivity index (χ0v) is 9.74. The molecule has 1 atom stereocenters. The van der Waals surface area contributed by atoms with Crippen molar-refractivity contribution in [3.05, 3.63) is 30.1 Å². The summed E-state index contributed by atoms with van der Waals surface area (Å²) in [4.78, 5) is 0. The first-order valence-corrected chi connectivity index (χ1v) is 5.58. The van der Waals surface area contributed by atoms with Crippen molar-refractivity contribution in [2.24, 2.45) is 12.8 Å². The number of hydrogen-bond donors (Lipinski definition) is 1. The summed E-state index contributed by atoms with van der Waals surface area (Å²) in [5.41, 5.74) is 8.46. The van der Waals surface area contributed by atoms with Crippen molar-refractivity contribution in [3.63, 3.8) is 0 Å². The molecule has 0 saturated heterocycles. The number of hydrogen-bond acceptors (Lipinski definition) is 2. The van der Waals surface area contributed by atoms with Crippen molar-refractivity contribution in [2.75, 3.05) is 0 Å². The highest BCUT2D eigenvalue weighted by Gasteiger charge is 2.12. The lowest BCUT2D eigenvalue weighted by atomic mass is 10.0. The molecule has 0 aliphatic carbocycles. The second-order valence-corrected chi connectivity index (χ2v) is 3.88. The Bertz CT molecular complexity index is 315. The van der Waals surface area contributed by atoms with Crippen molar-refractivity contribution in [1.82, 2.24) is 9.78 Å². The number of nitrogens with two attached hydrogens (primary N) is 1. The molecule has 0 saturated carbocycles. The summed E-state index contributed by atoms with van der Waals surface area (Å²) < 4.78 is 1.85. The average molecular weight is 207 g/mol. The topological polar surface area (TPSA) is 43.8 Å². The fourth-order valence-corrected chi connectivity index (χ4v) is 1.77. The standard InChI is InChI=1S/C12H21N3/c1-4-6-7-8-11(13)10-9-15(3)14-12(10)5-2/h4,9,11H,1,5-8,13H2,2-3H3. The van der Waals surface area contributed by atoms with Crippen LogP contribution in [-0.4, -0.2) is 9.78 Å². The summed E-state index contributed by atoms with van der Waals surface area (Å²) in [6, 6.07) is 0.119. The Balaban J connectivity index is 2.63. The van der Waals surface area contributed by atoms with Gasteiger partial charge in [0.05, 0.1) is 5.69 Å². The summed E-state index contributed by atoms with van der Waals surface area (Å²) >= 11 is 0. The molecule has 0 fully saturated rings. The Hall–Kier alpha value is -1.09. The highest BCUT2D eigenvalue weighted by molar-refractivity contribution is 5.20. The lowest BCUT2D eigenvalue weighted by molar-refractivity contribution is 0.612. The van der Waals surface area contributed by atoms with Gasteiger partial charge in [0.15, 0.2) is 0 Å². The van der Waals surface area contributed by atoms with Crippen molar-refractivity contribution in [3.8, 4) is 0 Å². The third kappa shape index (κ3) is 3.20. The SMILES string of the molecule is C=CCCCC(N)c1cn(C)nc1CC. The summed E-state index contributed by atoms with van der Waals surface area (Å²) in [7, 11) is 1.94. The van der Waals surface area contributed by atoms with Crippen LogP contribution in [-0.2, 0) is 13.5 Å². The summed E-state index contributed by atoms with van der Waals surface area (Å²) in [5, 5.41) is 4.39. The number of rotatable bonds is 6. The minimum Gasteiger partial charge on any atom is -0.324 e. The van der Waals surface area contributed by atoms with E-state index in [0.717, 1.165) is 31.4 Å². The van der Waals surface area contributed by atoms with E-state index in [-0.39, 0.29) is 6.04 Å². The van der Waals surface area contributed by atoms with E-state index in [9.17, 15) is 0 Å². The third-order valence-corrected chi connectivity index (χ3v) is 2.60. The smallest absolute Gasteiger partial charge is 0.0669 e. The molecule has 1 heterocycles. The van der Waals surface area contributed by atoms with Crippen LogP contribution in [0.15, 0.2) is 18.9 Å². The van der Waals surface area contributed by atoms with Crippen molar-refractivity contribution in [2.45, 2.75) is 38.6 Å². The van der Waals surface area contributed by atoms with Crippen LogP contribution in [0.25, 0.3) is 0 Å². The third-order valence-electron chi connectivity index (χ3n) is 2.60. The van der Waals surface area contributed by atoms with E-state index in [4.69, 9.17) is 5.73 Å². The molecule has 1 aromatic rings. The van der Waals surface area contributed by atoms with Crippen molar-refractivity contribution < 1.29 is 0 Å². The monoisotopic (exact) mass is 207 g/mol. The van der Waals surface area contributed by atoms with Crippen LogP contribution in [0, 0.1) is 0 Å². The molecular weight excluding hydrogens is 186 g/mol. The molecule has 1 unspecified atom stereocenters. The van der Waals surface area contributed by atoms with E-state index in [1.54, 1.807) is 0 Å². The van der Waals surface area contributed by atoms with Crippen LogP contribution in [0.3, 0.4) is 0 Å². The second kappa shape index (κ2) is 5.71. The average Bonchev–Trinajstić information content (AvgIpc) is 2.60. The molecule has 0 spiro atoms. The quantitative estimate of drug-likeness (QED) is 0.575. The highest BCUT2D eigenvalue weighted by atomic mass is 15.3. The van der Waals surface area contributed by atoms with Gasteiger partial charge in [0.2, 0.25) is 0 Å². The molecule has 0 radical (unpaired) electrons. The fraction of sp³-hybridized carbons (Fsp3) is 0.583. The predicted molar refractivity (Wildman–Crippen MR) is 63.6 cm³/mol. The largest absolute Gasteiger partial charge is 0.324 e. The summed E-state index contributed by atoms with van der Waals surface area (Å²) in [5.74, 6) is 0. The first-order valence-electron chi connectivity index (χ1n) is 5.58. The van der Waals surface area contributed by atoms with Crippen LogP contribution in [0.5, 0.6) is 0 Å². The van der Waals surface area contributed by atoms with Gasteiger partial charge in [-0.05, 0) is 25.7 Å². The maximum atomic E-state index is 6.14. The number of nitrogens with zero attached hydrogens (tertiary/aromatic N) is 2. The van der Waals surface area contributed by atoms with E-state index in [1.165, 1.54) is 5.56 Å². The maximum Gasteiger partial charge on any atom is 0.0669 e. The fourth-order valence-electron chi connectivity index (χ4n) is 1.77. The predicted octanol–water partition coefficient (Wildman–Crippen LogP) is 2.34. The van der Waals surface area contributed by atoms with Crippen LogP contribution in [0.1, 0.15) is 43.5 Å². The molecule has 0 aromatic carbocycles. The first-order chi connectivity index (χ1) is 7.19. The van der Waals surface area contributed by atoms with Crippen LogP contribution < -0.4 is 5.73 Å². The summed E-state index contributed by atoms with van der Waals surface area (Å²) in [6.07, 6.45) is 8.07. The van der Waals surface area contributed by atoms with E-state index in [1.807, 2.05) is 24.0 Å². The van der Waals surface area contributed by atoms with Crippen LogP contribution >= 0.6 is 0 Å². The molecule has 2 N–H and O–H groups in total. The van der Waals surface area contributed by atoms with E-state index in [0.29, 0.717) is 0 Å². The van der Waals surface area contributed by atoms with Crippen molar-refractivity contribution >= 4 is 0 Å². The Morgan fingerprint density at radius 3 is 3.00 bits per heavy atom. The molecule has 0 bridgehead atoms. The maximum absolute atomic E-state index is 6.14. The highest BCUT2D eigenvalue weighted by Crippen LogP contribution is 2.20. The molecule has 0 amide bonds. The molecule has 1 rings (SSSR count). The van der Waals surface area contributed by atoms with Gasteiger partial charge in [-0.1, -0.05) is 13.0 Å². The van der Waals surface area contributed by atoms with Gasteiger partial charge >= 0.3 is 0 Å². The molecule has 0 aliphatic rings. The Kier molecular flexibility index (Phi) is 4.56. The van der Waals surface area contributed by atoms with Gasteiger partial charge < -0.3 is 5.73 Å². The van der Waals surface area contributed by atoms with Gasteiger partial charge in [-0.25, -0.2) is 0 Å². The van der Waals surface area contributed by atoms with Gasteiger partial charge in [0.1, 0.15) is 0 Å². The number of aromatic nitrogens is 2. The Morgan fingerprint density at radius 1 is 1.67 bits per heavy atom. The lowest BCUT2D eigenvalue weighted by Gasteiger charge is -2.10. The zero-order chi connectivity index (χ0) is 11.3. The first kappa shape index (κ1) is 12.0. The lowest BCUT2D eigenvalue weighted by Crippen LogP contribution is -2.11. The Morgan fingerprint density at radius 2 is 2.40 bits per heavy atom. The molecule has 3 heteroatoms. The zero-order valence-electron chi connectivity index (χ0n) is 9.74. The van der Waals surface area contributed by atoms with E-state index < -0.39 is 0 Å². The van der Waals surface area contributed by atoms with E-state index in [2.05, 4.69) is 18.6 Å². The minimum absolute atomic E-state index is 0.119.